The van der Waals surface area contributed by atoms with Gasteiger partial charge < -0.3 is 5.73 Å². The first-order valence-corrected chi connectivity index (χ1v) is 6.64. The van der Waals surface area contributed by atoms with Crippen LogP contribution in [-0.2, 0) is 19.4 Å². The van der Waals surface area contributed by atoms with Crippen LogP contribution in [0.15, 0.2) is 24.3 Å². The summed E-state index contributed by atoms with van der Waals surface area (Å²) in [5.74, 6) is 0. The van der Waals surface area contributed by atoms with E-state index in [0.29, 0.717) is 11.6 Å². The van der Waals surface area contributed by atoms with Gasteiger partial charge in [-0.05, 0) is 36.6 Å². The Hall–Kier alpha value is -1.32. The van der Waals surface area contributed by atoms with Crippen molar-refractivity contribution in [3.63, 3.8) is 0 Å². The second-order valence-corrected chi connectivity index (χ2v) is 4.66. The topological polar surface area (TPSA) is 43.8 Å². The largest absolute Gasteiger partial charge is 0.326 e. The first kappa shape index (κ1) is 13.1. The third-order valence-corrected chi connectivity index (χ3v) is 3.29. The number of hydrogen-bond donors (Lipinski definition) is 1. The highest BCUT2D eigenvalue weighted by molar-refractivity contribution is 6.30. The van der Waals surface area contributed by atoms with Crippen LogP contribution in [0.4, 0.5) is 0 Å². The van der Waals surface area contributed by atoms with Gasteiger partial charge in [0.25, 0.3) is 0 Å². The Bertz CT molecular complexity index is 546. The molecular formula is C14H18ClN3. The maximum absolute atomic E-state index is 6.08. The predicted octanol–water partition coefficient (Wildman–Crippen LogP) is 3.11. The van der Waals surface area contributed by atoms with Crippen LogP contribution in [0.3, 0.4) is 0 Å². The molecule has 1 aromatic heterocycles. The molecule has 0 bridgehead atoms. The maximum Gasteiger partial charge on any atom is 0.0708 e. The summed E-state index contributed by atoms with van der Waals surface area (Å²) in [4.78, 5) is 0. The van der Waals surface area contributed by atoms with Gasteiger partial charge in [0.1, 0.15) is 0 Å². The van der Waals surface area contributed by atoms with E-state index in [1.165, 1.54) is 5.69 Å². The molecule has 0 aliphatic heterocycles. The lowest BCUT2D eigenvalue weighted by Gasteiger charge is -2.11. The smallest absolute Gasteiger partial charge is 0.0708 e. The molecule has 3 nitrogen and oxygen atoms in total. The summed E-state index contributed by atoms with van der Waals surface area (Å²) in [5, 5.41) is 5.33. The SMILES string of the molecule is CCc1cc(CC)n(-c2cc(Cl)ccc2CN)n1. The average molecular weight is 264 g/mol. The second-order valence-electron chi connectivity index (χ2n) is 4.22. The Balaban J connectivity index is 2.59. The zero-order chi connectivity index (χ0) is 13.1. The van der Waals surface area contributed by atoms with Crippen LogP contribution in [-0.4, -0.2) is 9.78 Å². The summed E-state index contributed by atoms with van der Waals surface area (Å²) in [6.45, 7) is 4.71. The van der Waals surface area contributed by atoms with Crippen LogP contribution in [0, 0.1) is 0 Å². The lowest BCUT2D eigenvalue weighted by Crippen LogP contribution is -2.08. The van der Waals surface area contributed by atoms with E-state index in [4.69, 9.17) is 17.3 Å². The average Bonchev–Trinajstić information content (AvgIpc) is 2.81. The fourth-order valence-corrected chi connectivity index (χ4v) is 2.18. The quantitative estimate of drug-likeness (QED) is 0.921. The standard InChI is InChI=1S/C14H18ClN3/c1-3-12-8-13(4-2)18(17-12)14-7-11(15)6-5-10(14)9-16/h5-8H,3-4,9,16H2,1-2H3. The number of rotatable bonds is 4. The van der Waals surface area contributed by atoms with Crippen LogP contribution < -0.4 is 5.73 Å². The number of hydrogen-bond acceptors (Lipinski definition) is 2. The third kappa shape index (κ3) is 2.42. The Morgan fingerprint density at radius 3 is 2.61 bits per heavy atom. The van der Waals surface area contributed by atoms with Gasteiger partial charge in [-0.25, -0.2) is 4.68 Å². The molecule has 0 spiro atoms. The predicted molar refractivity (Wildman–Crippen MR) is 75.2 cm³/mol. The number of aromatic nitrogens is 2. The van der Waals surface area contributed by atoms with E-state index in [1.54, 1.807) is 0 Å². The van der Waals surface area contributed by atoms with Crippen LogP contribution in [0.25, 0.3) is 5.69 Å². The molecular weight excluding hydrogens is 246 g/mol. The van der Waals surface area contributed by atoms with E-state index in [0.717, 1.165) is 29.8 Å². The minimum atomic E-state index is 0.483. The maximum atomic E-state index is 6.08. The minimum Gasteiger partial charge on any atom is -0.326 e. The molecule has 2 N–H and O–H groups in total. The summed E-state index contributed by atoms with van der Waals surface area (Å²) < 4.78 is 1.97. The van der Waals surface area contributed by atoms with Gasteiger partial charge in [-0.2, -0.15) is 5.10 Å². The van der Waals surface area contributed by atoms with E-state index in [9.17, 15) is 0 Å². The molecule has 1 heterocycles. The highest BCUT2D eigenvalue weighted by Crippen LogP contribution is 2.22. The molecule has 0 unspecified atom stereocenters. The Morgan fingerprint density at radius 2 is 2.00 bits per heavy atom. The number of halogens is 1. The monoisotopic (exact) mass is 263 g/mol. The molecule has 4 heteroatoms. The van der Waals surface area contributed by atoms with Crippen molar-refractivity contribution in [3.8, 4) is 5.69 Å². The molecule has 2 aromatic rings. The molecule has 1 aromatic carbocycles. The first-order valence-electron chi connectivity index (χ1n) is 6.26. The van der Waals surface area contributed by atoms with Gasteiger partial charge in [-0.3, -0.25) is 0 Å². The van der Waals surface area contributed by atoms with Gasteiger partial charge >= 0.3 is 0 Å². The molecule has 0 radical (unpaired) electrons. The van der Waals surface area contributed by atoms with Gasteiger partial charge in [0.2, 0.25) is 0 Å². The second kappa shape index (κ2) is 5.55. The van der Waals surface area contributed by atoms with E-state index >= 15 is 0 Å². The summed E-state index contributed by atoms with van der Waals surface area (Å²) in [5.41, 5.74) is 10.1. The summed E-state index contributed by atoms with van der Waals surface area (Å²) >= 11 is 6.08. The van der Waals surface area contributed by atoms with Crippen LogP contribution in [0.5, 0.6) is 0 Å². The lowest BCUT2D eigenvalue weighted by molar-refractivity contribution is 0.783. The summed E-state index contributed by atoms with van der Waals surface area (Å²) in [6, 6.07) is 7.89. The molecule has 96 valence electrons. The van der Waals surface area contributed by atoms with Crippen molar-refractivity contribution in [2.24, 2.45) is 5.73 Å². The van der Waals surface area contributed by atoms with Gasteiger partial charge in [0.15, 0.2) is 0 Å². The number of nitrogens with zero attached hydrogens (tertiary/aromatic N) is 2. The zero-order valence-corrected chi connectivity index (χ0v) is 11.5. The molecule has 0 fully saturated rings. The number of nitrogens with two attached hydrogens (primary N) is 1. The van der Waals surface area contributed by atoms with Crippen molar-refractivity contribution in [1.29, 1.82) is 0 Å². The van der Waals surface area contributed by atoms with Crippen molar-refractivity contribution < 1.29 is 0 Å². The summed E-state index contributed by atoms with van der Waals surface area (Å²) in [6.07, 6.45) is 1.86. The Labute approximate surface area is 113 Å². The van der Waals surface area contributed by atoms with Crippen LogP contribution in [0.1, 0.15) is 30.8 Å². The highest BCUT2D eigenvalue weighted by Gasteiger charge is 2.11. The molecule has 0 saturated heterocycles. The molecule has 0 aliphatic rings. The fraction of sp³-hybridized carbons (Fsp3) is 0.357. The molecule has 0 aliphatic carbocycles. The fourth-order valence-electron chi connectivity index (χ4n) is 2.01. The Kier molecular flexibility index (Phi) is 4.04. The molecule has 2 rings (SSSR count). The van der Waals surface area contributed by atoms with E-state index in [2.05, 4.69) is 25.0 Å². The molecule has 0 atom stereocenters. The molecule has 0 amide bonds. The van der Waals surface area contributed by atoms with E-state index in [-0.39, 0.29) is 0 Å². The number of aryl methyl sites for hydroxylation is 2. The van der Waals surface area contributed by atoms with E-state index in [1.807, 2.05) is 22.9 Å². The first-order chi connectivity index (χ1) is 8.69. The van der Waals surface area contributed by atoms with Crippen molar-refractivity contribution in [2.45, 2.75) is 33.2 Å². The molecule has 0 saturated carbocycles. The minimum absolute atomic E-state index is 0.483. The van der Waals surface area contributed by atoms with Crippen molar-refractivity contribution in [3.05, 3.63) is 46.2 Å². The third-order valence-electron chi connectivity index (χ3n) is 3.05. The highest BCUT2D eigenvalue weighted by atomic mass is 35.5. The van der Waals surface area contributed by atoms with Crippen molar-refractivity contribution in [2.75, 3.05) is 0 Å². The number of benzene rings is 1. The molecule has 18 heavy (non-hydrogen) atoms. The Morgan fingerprint density at radius 1 is 1.22 bits per heavy atom. The van der Waals surface area contributed by atoms with Gasteiger partial charge in [-0.1, -0.05) is 31.5 Å². The zero-order valence-electron chi connectivity index (χ0n) is 10.8. The van der Waals surface area contributed by atoms with Gasteiger partial charge in [0, 0.05) is 17.3 Å². The summed E-state index contributed by atoms with van der Waals surface area (Å²) in [7, 11) is 0. The van der Waals surface area contributed by atoms with E-state index < -0.39 is 0 Å². The van der Waals surface area contributed by atoms with Crippen molar-refractivity contribution >= 4 is 11.6 Å². The normalized spacial score (nSPS) is 10.9. The van der Waals surface area contributed by atoms with Crippen LogP contribution >= 0.6 is 11.6 Å². The van der Waals surface area contributed by atoms with Crippen LogP contribution in [0.2, 0.25) is 5.02 Å². The van der Waals surface area contributed by atoms with Crippen molar-refractivity contribution in [1.82, 2.24) is 9.78 Å². The van der Waals surface area contributed by atoms with Gasteiger partial charge in [0.05, 0.1) is 11.4 Å². The van der Waals surface area contributed by atoms with Gasteiger partial charge in [-0.15, -0.1) is 0 Å². The lowest BCUT2D eigenvalue weighted by atomic mass is 10.1.